The third-order valence-corrected chi connectivity index (χ3v) is 4.30. The van der Waals surface area contributed by atoms with Crippen LogP contribution < -0.4 is 5.32 Å². The summed E-state index contributed by atoms with van der Waals surface area (Å²) in [7, 11) is 0. The third-order valence-electron chi connectivity index (χ3n) is 4.30. The molecule has 1 N–H and O–H groups in total. The highest BCUT2D eigenvalue weighted by molar-refractivity contribution is 5.22. The highest BCUT2D eigenvalue weighted by Gasteiger charge is 2.31. The van der Waals surface area contributed by atoms with Crippen molar-refractivity contribution in [3.05, 3.63) is 35.4 Å². The Hall–Kier alpha value is -0.860. The fraction of sp³-hybridized carbons (Fsp3) is 0.625. The van der Waals surface area contributed by atoms with E-state index in [2.05, 4.69) is 55.3 Å². The van der Waals surface area contributed by atoms with E-state index in [4.69, 9.17) is 0 Å². The predicted octanol–water partition coefficient (Wildman–Crippen LogP) is 2.96. The topological polar surface area (TPSA) is 15.3 Å². The van der Waals surface area contributed by atoms with E-state index in [9.17, 15) is 0 Å². The fourth-order valence-corrected chi connectivity index (χ4v) is 2.97. The predicted molar refractivity (Wildman–Crippen MR) is 77.8 cm³/mol. The molecule has 0 spiro atoms. The molecule has 1 fully saturated rings. The molecule has 0 aliphatic carbocycles. The summed E-state index contributed by atoms with van der Waals surface area (Å²) in [6.07, 6.45) is 2.43. The smallest absolute Gasteiger partial charge is 0.0304 e. The Kier molecular flexibility index (Phi) is 4.41. The van der Waals surface area contributed by atoms with Crippen LogP contribution >= 0.6 is 0 Å². The highest BCUT2D eigenvalue weighted by Crippen LogP contribution is 2.21. The van der Waals surface area contributed by atoms with Gasteiger partial charge in [0.1, 0.15) is 0 Å². The second-order valence-electron chi connectivity index (χ2n) is 5.61. The Morgan fingerprint density at radius 2 is 2.06 bits per heavy atom. The molecule has 1 aromatic rings. The van der Waals surface area contributed by atoms with Gasteiger partial charge < -0.3 is 5.32 Å². The molecule has 0 unspecified atom stereocenters. The first-order valence-corrected chi connectivity index (χ1v) is 7.20. The molecule has 1 saturated heterocycles. The SMILES string of the molecule is CCC1(CC)CN(Cc2cccc(C)c2)CCN1. The van der Waals surface area contributed by atoms with Crippen LogP contribution in [0.3, 0.4) is 0 Å². The van der Waals surface area contributed by atoms with Gasteiger partial charge in [0.05, 0.1) is 0 Å². The zero-order valence-electron chi connectivity index (χ0n) is 12.0. The van der Waals surface area contributed by atoms with Crippen molar-refractivity contribution in [3.8, 4) is 0 Å². The van der Waals surface area contributed by atoms with Crippen molar-refractivity contribution in [2.75, 3.05) is 19.6 Å². The van der Waals surface area contributed by atoms with Gasteiger partial charge in [-0.25, -0.2) is 0 Å². The van der Waals surface area contributed by atoms with Gasteiger partial charge in [0.25, 0.3) is 0 Å². The van der Waals surface area contributed by atoms with Crippen molar-refractivity contribution < 1.29 is 0 Å². The maximum absolute atomic E-state index is 3.72. The summed E-state index contributed by atoms with van der Waals surface area (Å²) in [5, 5.41) is 3.72. The van der Waals surface area contributed by atoms with Crippen molar-refractivity contribution in [2.24, 2.45) is 0 Å². The van der Waals surface area contributed by atoms with E-state index in [1.165, 1.54) is 30.5 Å². The lowest BCUT2D eigenvalue weighted by Crippen LogP contribution is -2.59. The summed E-state index contributed by atoms with van der Waals surface area (Å²) in [4.78, 5) is 2.60. The van der Waals surface area contributed by atoms with E-state index in [1.54, 1.807) is 0 Å². The van der Waals surface area contributed by atoms with Crippen LogP contribution in [0.5, 0.6) is 0 Å². The monoisotopic (exact) mass is 246 g/mol. The van der Waals surface area contributed by atoms with Gasteiger partial charge in [0, 0.05) is 31.7 Å². The molecule has 2 nitrogen and oxygen atoms in total. The molecule has 1 aliphatic heterocycles. The molecular weight excluding hydrogens is 220 g/mol. The number of nitrogens with one attached hydrogen (secondary N) is 1. The van der Waals surface area contributed by atoms with Gasteiger partial charge in [-0.05, 0) is 25.3 Å². The minimum atomic E-state index is 0.335. The molecule has 2 heteroatoms. The van der Waals surface area contributed by atoms with E-state index in [0.717, 1.165) is 19.6 Å². The second kappa shape index (κ2) is 5.85. The molecule has 0 saturated carbocycles. The maximum Gasteiger partial charge on any atom is 0.0304 e. The first-order valence-electron chi connectivity index (χ1n) is 7.20. The summed E-state index contributed by atoms with van der Waals surface area (Å²) in [6, 6.07) is 8.89. The van der Waals surface area contributed by atoms with Crippen LogP contribution in [0.15, 0.2) is 24.3 Å². The number of rotatable bonds is 4. The Labute approximate surface area is 111 Å². The molecule has 18 heavy (non-hydrogen) atoms. The molecule has 0 aromatic heterocycles. The highest BCUT2D eigenvalue weighted by atomic mass is 15.2. The third kappa shape index (κ3) is 3.12. The van der Waals surface area contributed by atoms with Crippen LogP contribution in [0.25, 0.3) is 0 Å². The van der Waals surface area contributed by atoms with E-state index >= 15 is 0 Å². The zero-order valence-corrected chi connectivity index (χ0v) is 12.0. The first-order chi connectivity index (χ1) is 8.67. The molecule has 1 heterocycles. The molecule has 1 aromatic carbocycles. The Morgan fingerprint density at radius 3 is 2.72 bits per heavy atom. The van der Waals surface area contributed by atoms with Crippen LogP contribution in [-0.4, -0.2) is 30.1 Å². The molecule has 2 rings (SSSR count). The van der Waals surface area contributed by atoms with Crippen molar-refractivity contribution in [3.63, 3.8) is 0 Å². The van der Waals surface area contributed by atoms with Gasteiger partial charge in [0.15, 0.2) is 0 Å². The minimum Gasteiger partial charge on any atom is -0.309 e. The molecule has 0 bridgehead atoms. The van der Waals surface area contributed by atoms with Gasteiger partial charge in [-0.1, -0.05) is 43.7 Å². The van der Waals surface area contributed by atoms with Gasteiger partial charge >= 0.3 is 0 Å². The Morgan fingerprint density at radius 1 is 1.28 bits per heavy atom. The zero-order chi connectivity index (χ0) is 13.0. The second-order valence-corrected chi connectivity index (χ2v) is 5.61. The van der Waals surface area contributed by atoms with Crippen molar-refractivity contribution in [1.82, 2.24) is 10.2 Å². The van der Waals surface area contributed by atoms with Crippen molar-refractivity contribution in [2.45, 2.75) is 45.7 Å². The standard InChI is InChI=1S/C16H26N2/c1-4-16(5-2)13-18(10-9-17-16)12-15-8-6-7-14(3)11-15/h6-8,11,17H,4-5,9-10,12-13H2,1-3H3. The molecule has 100 valence electrons. The number of aryl methyl sites for hydroxylation is 1. The summed E-state index contributed by atoms with van der Waals surface area (Å²) in [5.41, 5.74) is 3.14. The number of benzene rings is 1. The Bertz CT molecular complexity index is 382. The number of nitrogens with zero attached hydrogens (tertiary/aromatic N) is 1. The average Bonchev–Trinajstić information content (AvgIpc) is 2.39. The number of hydrogen-bond donors (Lipinski definition) is 1. The van der Waals surface area contributed by atoms with Crippen LogP contribution in [-0.2, 0) is 6.54 Å². The fourth-order valence-electron chi connectivity index (χ4n) is 2.97. The van der Waals surface area contributed by atoms with E-state index in [1.807, 2.05) is 0 Å². The molecule has 0 atom stereocenters. The summed E-state index contributed by atoms with van der Waals surface area (Å²) in [6.45, 7) is 11.3. The molecular formula is C16H26N2. The first kappa shape index (κ1) is 13.6. The summed E-state index contributed by atoms with van der Waals surface area (Å²) >= 11 is 0. The lowest BCUT2D eigenvalue weighted by atomic mass is 9.90. The average molecular weight is 246 g/mol. The maximum atomic E-state index is 3.72. The van der Waals surface area contributed by atoms with Crippen LogP contribution in [0, 0.1) is 6.92 Å². The van der Waals surface area contributed by atoms with Crippen LogP contribution in [0.1, 0.15) is 37.8 Å². The summed E-state index contributed by atoms with van der Waals surface area (Å²) < 4.78 is 0. The van der Waals surface area contributed by atoms with Crippen LogP contribution in [0.4, 0.5) is 0 Å². The minimum absolute atomic E-state index is 0.335. The van der Waals surface area contributed by atoms with E-state index in [0.29, 0.717) is 5.54 Å². The lowest BCUT2D eigenvalue weighted by Gasteiger charge is -2.43. The van der Waals surface area contributed by atoms with Crippen molar-refractivity contribution in [1.29, 1.82) is 0 Å². The van der Waals surface area contributed by atoms with Gasteiger partial charge in [-0.3, -0.25) is 4.90 Å². The van der Waals surface area contributed by atoms with Gasteiger partial charge in [-0.15, -0.1) is 0 Å². The molecule has 0 radical (unpaired) electrons. The van der Waals surface area contributed by atoms with Crippen molar-refractivity contribution >= 4 is 0 Å². The van der Waals surface area contributed by atoms with E-state index < -0.39 is 0 Å². The van der Waals surface area contributed by atoms with Gasteiger partial charge in [-0.2, -0.15) is 0 Å². The largest absolute Gasteiger partial charge is 0.309 e. The number of piperazine rings is 1. The van der Waals surface area contributed by atoms with Gasteiger partial charge in [0.2, 0.25) is 0 Å². The Balaban J connectivity index is 2.01. The quantitative estimate of drug-likeness (QED) is 0.878. The number of hydrogen-bond acceptors (Lipinski definition) is 2. The summed E-state index contributed by atoms with van der Waals surface area (Å²) in [5.74, 6) is 0. The normalized spacial score (nSPS) is 19.9. The van der Waals surface area contributed by atoms with Crippen LogP contribution in [0.2, 0.25) is 0 Å². The molecule has 0 amide bonds. The molecule has 1 aliphatic rings. The lowest BCUT2D eigenvalue weighted by molar-refractivity contribution is 0.118. The van der Waals surface area contributed by atoms with E-state index in [-0.39, 0.29) is 0 Å².